The summed E-state index contributed by atoms with van der Waals surface area (Å²) < 4.78 is 5.13. The maximum Gasteiger partial charge on any atom is 0.345 e. The molecule has 2 fully saturated rings. The van der Waals surface area contributed by atoms with Crippen molar-refractivity contribution in [3.05, 3.63) is 41.6 Å². The van der Waals surface area contributed by atoms with Crippen LogP contribution in [0.25, 0.3) is 0 Å². The predicted octanol–water partition coefficient (Wildman–Crippen LogP) is 3.29. The third-order valence-corrected chi connectivity index (χ3v) is 7.17. The summed E-state index contributed by atoms with van der Waals surface area (Å²) in [6, 6.07) is 9.42. The monoisotopic (exact) mass is 522 g/mol. The van der Waals surface area contributed by atoms with Gasteiger partial charge in [0.15, 0.2) is 16.8 Å². The van der Waals surface area contributed by atoms with Crippen LogP contribution in [-0.2, 0) is 9.53 Å². The lowest BCUT2D eigenvalue weighted by atomic mass is 10.2. The highest BCUT2D eigenvalue weighted by Crippen LogP contribution is 2.34. The van der Waals surface area contributed by atoms with Gasteiger partial charge in [0.25, 0.3) is 0 Å². The molecule has 1 amide bonds. The quantitative estimate of drug-likeness (QED) is 0.299. The summed E-state index contributed by atoms with van der Waals surface area (Å²) >= 11 is 1.38. The van der Waals surface area contributed by atoms with Crippen LogP contribution in [0.4, 0.5) is 23.1 Å². The van der Waals surface area contributed by atoms with Gasteiger partial charge in [0.1, 0.15) is 11.4 Å². The van der Waals surface area contributed by atoms with E-state index in [-0.39, 0.29) is 17.4 Å². The van der Waals surface area contributed by atoms with E-state index in [0.29, 0.717) is 22.6 Å². The summed E-state index contributed by atoms with van der Waals surface area (Å²) in [7, 11) is 3.42. The van der Waals surface area contributed by atoms with Crippen molar-refractivity contribution in [1.29, 1.82) is 0 Å². The maximum absolute atomic E-state index is 13.0. The first-order valence-corrected chi connectivity index (χ1v) is 13.0. The van der Waals surface area contributed by atoms with Gasteiger partial charge < -0.3 is 25.2 Å². The summed E-state index contributed by atoms with van der Waals surface area (Å²) in [5, 5.41) is 13.7. The first-order valence-electron chi connectivity index (χ1n) is 12.2. The van der Waals surface area contributed by atoms with Crippen molar-refractivity contribution in [2.75, 3.05) is 55.9 Å². The van der Waals surface area contributed by atoms with Gasteiger partial charge >= 0.3 is 5.97 Å². The number of methoxy groups -OCH3 is 1. The standard InChI is InChI=1S/C25H30N8O3S/c1-15-14-19(31-30-15)27-21-20(24(35)36-3)22(33-12-10-32(2)11-13-33)29-25(28-21)37-18-8-6-17(7-9-18)26-23(34)16-4-5-16/h6-9,14,16H,4-5,10-13H2,1-3H3,(H,26,34)(H2,27,28,29,30,31). The van der Waals surface area contributed by atoms with Crippen LogP contribution in [0.3, 0.4) is 0 Å². The number of nitrogens with zero attached hydrogens (tertiary/aromatic N) is 5. The average Bonchev–Trinajstić information content (AvgIpc) is 3.67. The molecule has 0 unspecified atom stereocenters. The summed E-state index contributed by atoms with van der Waals surface area (Å²) in [6.45, 7) is 5.04. The van der Waals surface area contributed by atoms with Gasteiger partial charge in [-0.1, -0.05) is 0 Å². The summed E-state index contributed by atoms with van der Waals surface area (Å²) in [4.78, 5) is 39.8. The minimum atomic E-state index is -0.518. The lowest BCUT2D eigenvalue weighted by Gasteiger charge is -2.34. The van der Waals surface area contributed by atoms with E-state index in [1.165, 1.54) is 18.9 Å². The Hall–Kier alpha value is -3.64. The van der Waals surface area contributed by atoms with E-state index in [1.54, 1.807) is 0 Å². The lowest BCUT2D eigenvalue weighted by molar-refractivity contribution is -0.117. The highest BCUT2D eigenvalue weighted by molar-refractivity contribution is 7.99. The van der Waals surface area contributed by atoms with Crippen LogP contribution in [0, 0.1) is 12.8 Å². The van der Waals surface area contributed by atoms with Gasteiger partial charge in [0.05, 0.1) is 7.11 Å². The Labute approximate surface area is 219 Å². The molecule has 2 aromatic heterocycles. The van der Waals surface area contributed by atoms with Gasteiger partial charge in [0, 0.05) is 54.4 Å². The van der Waals surface area contributed by atoms with Crippen LogP contribution >= 0.6 is 11.8 Å². The molecule has 11 nitrogen and oxygen atoms in total. The molecule has 12 heteroatoms. The predicted molar refractivity (Wildman–Crippen MR) is 142 cm³/mol. The van der Waals surface area contributed by atoms with Gasteiger partial charge in [-0.05, 0) is 62.8 Å². The zero-order valence-electron chi connectivity index (χ0n) is 21.1. The Bertz CT molecular complexity index is 1280. The van der Waals surface area contributed by atoms with Crippen LogP contribution in [-0.4, -0.2) is 77.3 Å². The van der Waals surface area contributed by atoms with Crippen molar-refractivity contribution in [3.63, 3.8) is 0 Å². The van der Waals surface area contributed by atoms with Crippen LogP contribution in [0.5, 0.6) is 0 Å². The minimum Gasteiger partial charge on any atom is -0.465 e. The lowest BCUT2D eigenvalue weighted by Crippen LogP contribution is -2.45. The molecule has 3 aromatic rings. The number of esters is 1. The van der Waals surface area contributed by atoms with Gasteiger partial charge in [-0.2, -0.15) is 5.10 Å². The molecule has 0 bridgehead atoms. The van der Waals surface area contributed by atoms with E-state index in [0.717, 1.165) is 55.3 Å². The number of aromatic nitrogens is 4. The molecule has 3 N–H and O–H groups in total. The second-order valence-corrected chi connectivity index (χ2v) is 10.3. The first-order chi connectivity index (χ1) is 17.9. The van der Waals surface area contributed by atoms with Crippen molar-refractivity contribution in [3.8, 4) is 0 Å². The number of anilines is 4. The Morgan fingerprint density at radius 3 is 2.46 bits per heavy atom. The molecule has 2 aliphatic rings. The molecule has 37 heavy (non-hydrogen) atoms. The third kappa shape index (κ3) is 6.03. The highest BCUT2D eigenvalue weighted by Gasteiger charge is 2.30. The van der Waals surface area contributed by atoms with Crippen LogP contribution in [0.15, 0.2) is 40.4 Å². The zero-order valence-corrected chi connectivity index (χ0v) is 21.9. The Morgan fingerprint density at radius 2 is 1.84 bits per heavy atom. The van der Waals surface area contributed by atoms with Crippen molar-refractivity contribution < 1.29 is 14.3 Å². The normalized spacial score (nSPS) is 15.9. The molecule has 0 radical (unpaired) electrons. The number of rotatable bonds is 8. The third-order valence-electron chi connectivity index (χ3n) is 6.29. The number of carbonyl (C=O) groups excluding carboxylic acids is 2. The molecule has 3 heterocycles. The van der Waals surface area contributed by atoms with Gasteiger partial charge in [0.2, 0.25) is 5.91 Å². The van der Waals surface area contributed by atoms with Crippen molar-refractivity contribution >= 4 is 46.8 Å². The van der Waals surface area contributed by atoms with E-state index in [1.807, 2.05) is 37.3 Å². The van der Waals surface area contributed by atoms with Gasteiger partial charge in [-0.3, -0.25) is 9.89 Å². The number of carbonyl (C=O) groups is 2. The average molecular weight is 523 g/mol. The number of hydrogen-bond acceptors (Lipinski definition) is 10. The number of amides is 1. The number of nitrogens with one attached hydrogen (secondary N) is 3. The minimum absolute atomic E-state index is 0.0725. The number of aryl methyl sites for hydroxylation is 1. The Kier molecular flexibility index (Phi) is 7.28. The van der Waals surface area contributed by atoms with Crippen LogP contribution < -0.4 is 15.5 Å². The van der Waals surface area contributed by atoms with E-state index in [9.17, 15) is 9.59 Å². The Morgan fingerprint density at radius 1 is 1.11 bits per heavy atom. The largest absolute Gasteiger partial charge is 0.465 e. The molecule has 1 saturated heterocycles. The topological polar surface area (TPSA) is 128 Å². The SMILES string of the molecule is COC(=O)c1c(Nc2cc(C)[nH]n2)nc(Sc2ccc(NC(=O)C3CC3)cc2)nc1N1CCN(C)CC1. The fraction of sp³-hybridized carbons (Fsp3) is 0.400. The fourth-order valence-electron chi connectivity index (χ4n) is 4.01. The maximum atomic E-state index is 13.0. The fourth-order valence-corrected chi connectivity index (χ4v) is 4.76. The molecule has 1 aliphatic carbocycles. The van der Waals surface area contributed by atoms with Crippen molar-refractivity contribution in [2.45, 2.75) is 29.8 Å². The van der Waals surface area contributed by atoms with Crippen LogP contribution in [0.2, 0.25) is 0 Å². The second kappa shape index (κ2) is 10.8. The first kappa shape index (κ1) is 25.0. The molecule has 1 saturated carbocycles. The van der Waals surface area contributed by atoms with E-state index >= 15 is 0 Å². The molecule has 5 rings (SSSR count). The van der Waals surface area contributed by atoms with Gasteiger partial charge in [-0.25, -0.2) is 14.8 Å². The molecular weight excluding hydrogens is 492 g/mol. The summed E-state index contributed by atoms with van der Waals surface area (Å²) in [6.07, 6.45) is 1.92. The van der Waals surface area contributed by atoms with E-state index in [2.05, 4.69) is 37.7 Å². The van der Waals surface area contributed by atoms with E-state index in [4.69, 9.17) is 14.7 Å². The zero-order chi connectivity index (χ0) is 25.9. The van der Waals surface area contributed by atoms with Gasteiger partial charge in [-0.15, -0.1) is 0 Å². The molecular formula is C25H30N8O3S. The summed E-state index contributed by atoms with van der Waals surface area (Å²) in [5.41, 5.74) is 1.91. The number of likely N-dealkylation sites (N-methyl/N-ethyl adjacent to an activating group) is 1. The summed E-state index contributed by atoms with van der Waals surface area (Å²) in [5.74, 6) is 1.10. The number of benzene rings is 1. The number of piperazine rings is 1. The number of hydrogen-bond donors (Lipinski definition) is 3. The van der Waals surface area contributed by atoms with Crippen molar-refractivity contribution in [2.24, 2.45) is 5.92 Å². The van der Waals surface area contributed by atoms with Crippen LogP contribution in [0.1, 0.15) is 28.9 Å². The second-order valence-electron chi connectivity index (χ2n) is 9.29. The smallest absolute Gasteiger partial charge is 0.345 e. The number of aromatic amines is 1. The molecule has 194 valence electrons. The Balaban J connectivity index is 1.47. The molecule has 0 atom stereocenters. The molecule has 1 aliphatic heterocycles. The van der Waals surface area contributed by atoms with E-state index < -0.39 is 5.97 Å². The molecule has 0 spiro atoms. The highest BCUT2D eigenvalue weighted by atomic mass is 32.2. The number of H-pyrrole nitrogens is 1. The van der Waals surface area contributed by atoms with Crippen molar-refractivity contribution in [1.82, 2.24) is 25.1 Å². The molecule has 1 aromatic carbocycles. The number of ether oxygens (including phenoxy) is 1.